The van der Waals surface area contributed by atoms with Crippen LogP contribution in [0.15, 0.2) is 0 Å². The second-order valence-electron chi connectivity index (χ2n) is 4.88. The van der Waals surface area contributed by atoms with E-state index in [0.29, 0.717) is 12.8 Å². The zero-order chi connectivity index (χ0) is 14.9. The smallest absolute Gasteiger partial charge is 0.324 e. The fourth-order valence-corrected chi connectivity index (χ4v) is 2.25. The highest BCUT2D eigenvalue weighted by Crippen LogP contribution is 2.37. The summed E-state index contributed by atoms with van der Waals surface area (Å²) in [7, 11) is 0. The molecule has 0 aromatic heterocycles. The molecular formula is C14H23NO4. The third-order valence-electron chi connectivity index (χ3n) is 3.50. The first-order chi connectivity index (χ1) is 8.96. The minimum atomic E-state index is -1.80. The monoisotopic (exact) mass is 269 g/mol. The normalized spacial score (nSPS) is 15.2. The Morgan fingerprint density at radius 2 is 1.74 bits per heavy atom. The molecule has 0 amide bonds. The number of nitriles is 1. The lowest BCUT2D eigenvalue weighted by Gasteiger charge is -2.28. The summed E-state index contributed by atoms with van der Waals surface area (Å²) in [4.78, 5) is 22.8. The van der Waals surface area contributed by atoms with Gasteiger partial charge in [0.05, 0.1) is 12.0 Å². The first-order valence-corrected chi connectivity index (χ1v) is 6.83. The summed E-state index contributed by atoms with van der Waals surface area (Å²) in [5, 5.41) is 27.9. The molecule has 2 N–H and O–H groups in total. The van der Waals surface area contributed by atoms with Gasteiger partial charge in [-0.2, -0.15) is 5.26 Å². The van der Waals surface area contributed by atoms with Gasteiger partial charge in [-0.15, -0.1) is 0 Å². The highest BCUT2D eigenvalue weighted by atomic mass is 16.4. The van der Waals surface area contributed by atoms with Crippen molar-refractivity contribution in [1.82, 2.24) is 0 Å². The summed E-state index contributed by atoms with van der Waals surface area (Å²) in [6, 6.07) is 1.78. The number of carboxylic acid groups (broad SMARTS) is 2. The predicted octanol–water partition coefficient (Wildman–Crippen LogP) is 3.05. The van der Waals surface area contributed by atoms with Crippen LogP contribution in [-0.4, -0.2) is 22.2 Å². The molecule has 0 aliphatic carbocycles. The predicted molar refractivity (Wildman–Crippen MR) is 70.5 cm³/mol. The number of carboxylic acids is 2. The van der Waals surface area contributed by atoms with Crippen LogP contribution in [0, 0.1) is 22.7 Å². The average Bonchev–Trinajstić information content (AvgIpc) is 2.36. The molecule has 0 radical (unpaired) electrons. The Bertz CT molecular complexity index is 348. The molecule has 0 aliphatic heterocycles. The van der Waals surface area contributed by atoms with Gasteiger partial charge in [-0.3, -0.25) is 9.59 Å². The first kappa shape index (κ1) is 17.4. The molecule has 108 valence electrons. The molecule has 0 bridgehead atoms. The zero-order valence-electron chi connectivity index (χ0n) is 11.7. The number of unbranched alkanes of at least 4 members (excludes halogenated alkanes) is 3. The summed E-state index contributed by atoms with van der Waals surface area (Å²) >= 11 is 0. The van der Waals surface area contributed by atoms with Crippen LogP contribution in [0.3, 0.4) is 0 Å². The van der Waals surface area contributed by atoms with Crippen LogP contribution in [-0.2, 0) is 9.59 Å². The van der Waals surface area contributed by atoms with Crippen LogP contribution in [0.1, 0.15) is 58.8 Å². The Balaban J connectivity index is 5.21. The SMILES string of the molecule is CCCCCC(C#N)(C(=O)O)C(CCCC)C(=O)O. The van der Waals surface area contributed by atoms with Gasteiger partial charge < -0.3 is 10.2 Å². The van der Waals surface area contributed by atoms with E-state index in [4.69, 9.17) is 0 Å². The molecule has 2 unspecified atom stereocenters. The van der Waals surface area contributed by atoms with Gasteiger partial charge in [-0.1, -0.05) is 46.0 Å². The molecule has 2 atom stereocenters. The van der Waals surface area contributed by atoms with E-state index in [9.17, 15) is 25.1 Å². The summed E-state index contributed by atoms with van der Waals surface area (Å²) < 4.78 is 0. The Morgan fingerprint density at radius 3 is 2.11 bits per heavy atom. The van der Waals surface area contributed by atoms with Crippen LogP contribution in [0.2, 0.25) is 0 Å². The van der Waals surface area contributed by atoms with Crippen molar-refractivity contribution in [2.45, 2.75) is 58.8 Å². The highest BCUT2D eigenvalue weighted by molar-refractivity contribution is 5.86. The van der Waals surface area contributed by atoms with Crippen molar-refractivity contribution in [3.8, 4) is 6.07 Å². The van der Waals surface area contributed by atoms with E-state index in [2.05, 4.69) is 0 Å². The highest BCUT2D eigenvalue weighted by Gasteiger charge is 2.49. The van der Waals surface area contributed by atoms with E-state index in [1.165, 1.54) is 0 Å². The Labute approximate surface area is 114 Å². The molecule has 0 fully saturated rings. The Hall–Kier alpha value is -1.57. The minimum absolute atomic E-state index is 0.105. The molecule has 0 saturated heterocycles. The number of rotatable bonds is 10. The summed E-state index contributed by atoms with van der Waals surface area (Å²) in [6.07, 6.45) is 3.99. The summed E-state index contributed by atoms with van der Waals surface area (Å²) in [5.41, 5.74) is -1.80. The number of carbonyl (C=O) groups is 2. The van der Waals surface area contributed by atoms with Crippen molar-refractivity contribution in [1.29, 1.82) is 5.26 Å². The molecule has 0 rings (SSSR count). The average molecular weight is 269 g/mol. The van der Waals surface area contributed by atoms with Crippen molar-refractivity contribution >= 4 is 11.9 Å². The molecule has 0 aliphatic rings. The lowest BCUT2D eigenvalue weighted by molar-refractivity contribution is -0.159. The lowest BCUT2D eigenvalue weighted by atomic mass is 9.70. The van der Waals surface area contributed by atoms with Gasteiger partial charge >= 0.3 is 11.9 Å². The minimum Gasteiger partial charge on any atom is -0.481 e. The molecule has 5 nitrogen and oxygen atoms in total. The zero-order valence-corrected chi connectivity index (χ0v) is 11.7. The van der Waals surface area contributed by atoms with Crippen LogP contribution in [0.5, 0.6) is 0 Å². The fraction of sp³-hybridized carbons (Fsp3) is 0.786. The van der Waals surface area contributed by atoms with E-state index >= 15 is 0 Å². The molecule has 0 saturated carbocycles. The van der Waals surface area contributed by atoms with Crippen molar-refractivity contribution < 1.29 is 19.8 Å². The third-order valence-corrected chi connectivity index (χ3v) is 3.50. The van der Waals surface area contributed by atoms with Gasteiger partial charge in [0.2, 0.25) is 0 Å². The molecule has 0 spiro atoms. The van der Waals surface area contributed by atoms with Crippen molar-refractivity contribution in [3.05, 3.63) is 0 Å². The molecule has 19 heavy (non-hydrogen) atoms. The maximum absolute atomic E-state index is 11.5. The number of hydrogen-bond acceptors (Lipinski definition) is 3. The van der Waals surface area contributed by atoms with Crippen LogP contribution in [0.25, 0.3) is 0 Å². The van der Waals surface area contributed by atoms with E-state index in [1.807, 2.05) is 13.8 Å². The van der Waals surface area contributed by atoms with Crippen molar-refractivity contribution in [2.75, 3.05) is 0 Å². The largest absolute Gasteiger partial charge is 0.481 e. The van der Waals surface area contributed by atoms with Gasteiger partial charge in [-0.05, 0) is 12.8 Å². The Kier molecular flexibility index (Phi) is 7.81. The molecule has 0 aromatic rings. The summed E-state index contributed by atoms with van der Waals surface area (Å²) in [6.45, 7) is 3.88. The number of hydrogen-bond donors (Lipinski definition) is 2. The fourth-order valence-electron chi connectivity index (χ4n) is 2.25. The maximum Gasteiger partial charge on any atom is 0.324 e. The van der Waals surface area contributed by atoms with Crippen LogP contribution < -0.4 is 0 Å². The quantitative estimate of drug-likeness (QED) is 0.594. The third kappa shape index (κ3) is 4.55. The van der Waals surface area contributed by atoms with Crippen molar-refractivity contribution in [2.24, 2.45) is 11.3 Å². The molecular weight excluding hydrogens is 246 g/mol. The van der Waals surface area contributed by atoms with Crippen LogP contribution in [0.4, 0.5) is 0 Å². The van der Waals surface area contributed by atoms with Gasteiger partial charge in [-0.25, -0.2) is 0 Å². The Morgan fingerprint density at radius 1 is 1.16 bits per heavy atom. The number of aliphatic carboxylic acids is 2. The first-order valence-electron chi connectivity index (χ1n) is 6.83. The van der Waals surface area contributed by atoms with Gasteiger partial charge in [0.15, 0.2) is 5.41 Å². The van der Waals surface area contributed by atoms with Crippen molar-refractivity contribution in [3.63, 3.8) is 0 Å². The summed E-state index contributed by atoms with van der Waals surface area (Å²) in [5.74, 6) is -3.63. The second kappa shape index (κ2) is 8.52. The van der Waals surface area contributed by atoms with E-state index in [-0.39, 0.29) is 12.8 Å². The topological polar surface area (TPSA) is 98.4 Å². The molecule has 0 heterocycles. The second-order valence-corrected chi connectivity index (χ2v) is 4.88. The molecule has 0 aromatic carbocycles. The van der Waals surface area contributed by atoms with Gasteiger partial charge in [0.25, 0.3) is 0 Å². The van der Waals surface area contributed by atoms with Crippen LogP contribution >= 0.6 is 0 Å². The van der Waals surface area contributed by atoms with E-state index in [1.54, 1.807) is 6.07 Å². The van der Waals surface area contributed by atoms with Gasteiger partial charge in [0.1, 0.15) is 0 Å². The maximum atomic E-state index is 11.5. The van der Waals surface area contributed by atoms with Gasteiger partial charge in [0, 0.05) is 0 Å². The standard InChI is InChI=1S/C14H23NO4/c1-3-5-7-9-14(10-15,13(18)19)11(12(16)17)8-6-4-2/h11H,3-9H2,1-2H3,(H,16,17)(H,18,19). The molecule has 5 heteroatoms. The number of nitrogens with zero attached hydrogens (tertiary/aromatic N) is 1. The van der Waals surface area contributed by atoms with E-state index in [0.717, 1.165) is 19.3 Å². The lowest BCUT2D eigenvalue weighted by Crippen LogP contribution is -2.41. The van der Waals surface area contributed by atoms with E-state index < -0.39 is 23.3 Å².